The highest BCUT2D eigenvalue weighted by Crippen LogP contribution is 1.85. The minimum atomic E-state index is -2.19. The van der Waals surface area contributed by atoms with Gasteiger partial charge in [-0.05, 0) is 0 Å². The van der Waals surface area contributed by atoms with E-state index in [1.165, 1.54) is 0 Å². The van der Waals surface area contributed by atoms with E-state index in [0.29, 0.717) is 0 Å². The maximum atomic E-state index is 9.58. The standard InChI is InChI=1S/C4H6O5.C2H2O4/c5-2(4(8)9)1-3(6)7;3-1(4)2(5)6/h2,5H,1H2,(H,6,7)(H,8,9);(H,3,4)(H,5,6)/p-4. The quantitative estimate of drug-likeness (QED) is 0.451. The number of carbonyl (C=O) groups is 4. The van der Waals surface area contributed by atoms with Crippen molar-refractivity contribution >= 4 is 23.9 Å². The normalized spacial score (nSPS) is 10.5. The number of hydrogen-bond donors (Lipinski definition) is 1. The largest absolute Gasteiger partial charge is 0.550 e. The van der Waals surface area contributed by atoms with Crippen LogP contribution < -0.4 is 20.4 Å². The summed E-state index contributed by atoms with van der Waals surface area (Å²) in [5.74, 6) is -7.80. The summed E-state index contributed by atoms with van der Waals surface area (Å²) >= 11 is 0. The van der Waals surface area contributed by atoms with Crippen LogP contribution in [0, 0.1) is 0 Å². The molecule has 9 heteroatoms. The molecule has 0 aromatic heterocycles. The lowest BCUT2D eigenvalue weighted by atomic mass is 10.3. The molecule has 0 aliphatic rings. The predicted molar refractivity (Wildman–Crippen MR) is 30.7 cm³/mol. The van der Waals surface area contributed by atoms with Crippen LogP contribution in [0.3, 0.4) is 0 Å². The number of aliphatic carboxylic acids is 4. The highest BCUT2D eigenvalue weighted by molar-refractivity contribution is 6.25. The first kappa shape index (κ1) is 15.3. The lowest BCUT2D eigenvalue weighted by molar-refractivity contribution is -0.345. The maximum absolute atomic E-state index is 9.58. The molecule has 0 radical (unpaired) electrons. The van der Waals surface area contributed by atoms with E-state index >= 15 is 0 Å². The maximum Gasteiger partial charge on any atom is 0.0985 e. The van der Waals surface area contributed by atoms with E-state index in [4.69, 9.17) is 24.9 Å². The van der Waals surface area contributed by atoms with Crippen molar-refractivity contribution < 1.29 is 44.7 Å². The molecular formula is C6H4O9-4. The SMILES string of the molecule is O=C([O-])C(=O)[O-].O=C([O-])CC(O)C(=O)[O-]. The van der Waals surface area contributed by atoms with Crippen molar-refractivity contribution in [1.29, 1.82) is 0 Å². The molecule has 0 saturated carbocycles. The Morgan fingerprint density at radius 2 is 1.27 bits per heavy atom. The number of aliphatic hydroxyl groups is 1. The molecule has 0 heterocycles. The molecule has 0 aliphatic carbocycles. The first-order valence-corrected chi connectivity index (χ1v) is 3.19. The zero-order chi connectivity index (χ0) is 12.6. The number of rotatable bonds is 3. The van der Waals surface area contributed by atoms with Gasteiger partial charge in [0.05, 0.1) is 24.0 Å². The lowest BCUT2D eigenvalue weighted by Gasteiger charge is -2.10. The van der Waals surface area contributed by atoms with Crippen LogP contribution in [0.25, 0.3) is 0 Å². The fourth-order valence-electron chi connectivity index (χ4n) is 0.241. The molecule has 86 valence electrons. The van der Waals surface area contributed by atoms with Gasteiger partial charge in [0.25, 0.3) is 0 Å². The molecule has 0 rings (SSSR count). The van der Waals surface area contributed by atoms with Gasteiger partial charge in [-0.1, -0.05) is 0 Å². The molecule has 0 bridgehead atoms. The van der Waals surface area contributed by atoms with Gasteiger partial charge in [-0.2, -0.15) is 0 Å². The van der Waals surface area contributed by atoms with Gasteiger partial charge in [0.1, 0.15) is 0 Å². The third-order valence-corrected chi connectivity index (χ3v) is 0.799. The number of carboxylic acid groups (broad SMARTS) is 4. The first-order chi connectivity index (χ1) is 6.68. The van der Waals surface area contributed by atoms with Crippen molar-refractivity contribution in [3.05, 3.63) is 0 Å². The van der Waals surface area contributed by atoms with Gasteiger partial charge in [0.2, 0.25) is 0 Å². The van der Waals surface area contributed by atoms with Gasteiger partial charge < -0.3 is 44.7 Å². The van der Waals surface area contributed by atoms with Crippen LogP contribution in [-0.4, -0.2) is 35.1 Å². The first-order valence-electron chi connectivity index (χ1n) is 3.19. The van der Waals surface area contributed by atoms with E-state index < -0.39 is 36.4 Å². The molecule has 0 amide bonds. The smallest absolute Gasteiger partial charge is 0.0985 e. The molecule has 9 nitrogen and oxygen atoms in total. The van der Waals surface area contributed by atoms with Crippen molar-refractivity contribution in [3.8, 4) is 0 Å². The molecule has 0 aromatic rings. The van der Waals surface area contributed by atoms with Gasteiger partial charge in [0.15, 0.2) is 0 Å². The van der Waals surface area contributed by atoms with Crippen molar-refractivity contribution in [1.82, 2.24) is 0 Å². The van der Waals surface area contributed by atoms with Crippen LogP contribution in [-0.2, 0) is 19.2 Å². The van der Waals surface area contributed by atoms with Crippen LogP contribution in [0.5, 0.6) is 0 Å². The minimum Gasteiger partial charge on any atom is -0.550 e. The van der Waals surface area contributed by atoms with Gasteiger partial charge >= 0.3 is 0 Å². The molecule has 0 saturated heterocycles. The minimum absolute atomic E-state index is 0.928. The summed E-state index contributed by atoms with van der Waals surface area (Å²) in [6.45, 7) is 0. The van der Waals surface area contributed by atoms with E-state index in [9.17, 15) is 19.8 Å². The Hall–Kier alpha value is -2.16. The van der Waals surface area contributed by atoms with Gasteiger partial charge in [-0.25, -0.2) is 0 Å². The Bertz CT molecular complexity index is 256. The molecule has 0 aliphatic heterocycles. The molecule has 1 atom stereocenters. The van der Waals surface area contributed by atoms with Gasteiger partial charge in [-0.15, -0.1) is 0 Å². The van der Waals surface area contributed by atoms with E-state index in [2.05, 4.69) is 0 Å². The molecule has 0 aromatic carbocycles. The van der Waals surface area contributed by atoms with E-state index in [1.807, 2.05) is 0 Å². The fourth-order valence-corrected chi connectivity index (χ4v) is 0.241. The summed E-state index contributed by atoms with van der Waals surface area (Å²) in [5, 5.41) is 45.2. The molecule has 0 fully saturated rings. The zero-order valence-corrected chi connectivity index (χ0v) is 7.00. The van der Waals surface area contributed by atoms with Crippen LogP contribution in [0.4, 0.5) is 0 Å². The summed E-state index contributed by atoms with van der Waals surface area (Å²) < 4.78 is 0. The van der Waals surface area contributed by atoms with Crippen molar-refractivity contribution in [2.45, 2.75) is 12.5 Å². The second-order valence-corrected chi connectivity index (χ2v) is 1.99. The van der Waals surface area contributed by atoms with Crippen molar-refractivity contribution in [2.24, 2.45) is 0 Å². The summed E-state index contributed by atoms with van der Waals surface area (Å²) in [7, 11) is 0. The molecule has 0 spiro atoms. The van der Waals surface area contributed by atoms with E-state index in [0.717, 1.165) is 0 Å². The molecule has 1 N–H and O–H groups in total. The molecule has 15 heavy (non-hydrogen) atoms. The Morgan fingerprint density at radius 1 is 0.933 bits per heavy atom. The third kappa shape index (κ3) is 11.8. The zero-order valence-electron chi connectivity index (χ0n) is 7.00. The van der Waals surface area contributed by atoms with Crippen molar-refractivity contribution in [3.63, 3.8) is 0 Å². The lowest BCUT2D eigenvalue weighted by Crippen LogP contribution is -2.42. The summed E-state index contributed by atoms with van der Waals surface area (Å²) in [6, 6.07) is 0. The Morgan fingerprint density at radius 3 is 1.33 bits per heavy atom. The van der Waals surface area contributed by atoms with Gasteiger partial charge in [0, 0.05) is 12.4 Å². The number of carbonyl (C=O) groups excluding carboxylic acids is 4. The highest BCUT2D eigenvalue weighted by atomic mass is 16.4. The Kier molecular flexibility index (Phi) is 7.42. The monoisotopic (exact) mass is 220 g/mol. The average molecular weight is 220 g/mol. The van der Waals surface area contributed by atoms with E-state index in [1.54, 1.807) is 0 Å². The Labute approximate surface area is 82.2 Å². The van der Waals surface area contributed by atoms with Crippen LogP contribution in [0.2, 0.25) is 0 Å². The summed E-state index contributed by atoms with van der Waals surface area (Å²) in [6.07, 6.45) is -2.89. The van der Waals surface area contributed by atoms with Gasteiger partial charge in [-0.3, -0.25) is 0 Å². The molecular weight excluding hydrogens is 216 g/mol. The second-order valence-electron chi connectivity index (χ2n) is 1.99. The second kappa shape index (κ2) is 7.26. The fraction of sp³-hybridized carbons (Fsp3) is 0.333. The van der Waals surface area contributed by atoms with Crippen LogP contribution in [0.15, 0.2) is 0 Å². The summed E-state index contributed by atoms with van der Waals surface area (Å²) in [5.41, 5.74) is 0. The highest BCUT2D eigenvalue weighted by Gasteiger charge is 2.03. The third-order valence-electron chi connectivity index (χ3n) is 0.799. The number of aliphatic hydroxyl groups excluding tert-OH is 1. The number of hydrogen-bond acceptors (Lipinski definition) is 9. The Balaban J connectivity index is 0. The van der Waals surface area contributed by atoms with E-state index in [-0.39, 0.29) is 0 Å². The average Bonchev–Trinajstić information content (AvgIpc) is 2.03. The van der Waals surface area contributed by atoms with Crippen LogP contribution in [0.1, 0.15) is 6.42 Å². The van der Waals surface area contributed by atoms with Crippen molar-refractivity contribution in [2.75, 3.05) is 0 Å². The summed E-state index contributed by atoms with van der Waals surface area (Å²) in [4.78, 5) is 37.0. The van der Waals surface area contributed by atoms with Crippen LogP contribution >= 0.6 is 0 Å². The number of carboxylic acids is 4. The predicted octanol–water partition coefficient (Wildman–Crippen LogP) is -7.28. The topological polar surface area (TPSA) is 181 Å². The molecule has 1 unspecified atom stereocenters.